The molecule has 0 aliphatic heterocycles. The number of nitrogens with one attached hydrogen (secondary N) is 1. The van der Waals surface area contributed by atoms with Crippen LogP contribution in [0.5, 0.6) is 0 Å². The van der Waals surface area contributed by atoms with E-state index < -0.39 is 12.0 Å². The van der Waals surface area contributed by atoms with E-state index in [0.29, 0.717) is 5.52 Å². The second-order valence-corrected chi connectivity index (χ2v) is 4.50. The number of esters is 1. The first-order chi connectivity index (χ1) is 9.52. The average Bonchev–Trinajstić information content (AvgIpc) is 2.74. The van der Waals surface area contributed by atoms with Gasteiger partial charge in [-0.25, -0.2) is 4.79 Å². The summed E-state index contributed by atoms with van der Waals surface area (Å²) >= 11 is 0. The van der Waals surface area contributed by atoms with Crippen molar-refractivity contribution in [3.05, 3.63) is 36.0 Å². The highest BCUT2D eigenvalue weighted by molar-refractivity contribution is 5.87. The minimum Gasteiger partial charge on any atom is -0.467 e. The van der Waals surface area contributed by atoms with Crippen LogP contribution in [0.4, 0.5) is 0 Å². The largest absolute Gasteiger partial charge is 0.467 e. The number of carbonyl (C=O) groups is 2. The summed E-state index contributed by atoms with van der Waals surface area (Å²) < 4.78 is 5.69. The Kier molecular flexibility index (Phi) is 3.93. The maximum absolute atomic E-state index is 11.7. The van der Waals surface area contributed by atoms with E-state index >= 15 is 0 Å². The van der Waals surface area contributed by atoms with Crippen molar-refractivity contribution < 1.29 is 19.5 Å². The van der Waals surface area contributed by atoms with Crippen LogP contribution in [-0.4, -0.2) is 35.0 Å². The third-order valence-electron chi connectivity index (χ3n) is 3.06. The highest BCUT2D eigenvalue weighted by Crippen LogP contribution is 2.21. The molecular formula is C14H16N2O4. The topological polar surface area (TPSA) is 80.6 Å². The number of aromatic nitrogens is 1. The number of carbonyl (C=O) groups excluding carboxylic acids is 2. The number of para-hydroxylation sites is 1. The average molecular weight is 276 g/mol. The molecule has 6 nitrogen and oxygen atoms in total. The molecule has 0 saturated heterocycles. The number of hydrogen-bond donors (Lipinski definition) is 2. The Balaban J connectivity index is 2.33. The lowest BCUT2D eigenvalue weighted by molar-refractivity contribution is -0.144. The van der Waals surface area contributed by atoms with Crippen LogP contribution in [0.3, 0.4) is 0 Å². The maximum atomic E-state index is 11.7. The quantitative estimate of drug-likeness (QED) is 0.647. The Labute approximate surface area is 115 Å². The number of fused-ring (bicyclic) bond motifs is 1. The number of methoxy groups -OCH3 is 1. The molecule has 2 rings (SSSR count). The van der Waals surface area contributed by atoms with E-state index in [4.69, 9.17) is 0 Å². The second-order valence-electron chi connectivity index (χ2n) is 4.50. The van der Waals surface area contributed by atoms with Crippen LogP contribution >= 0.6 is 0 Å². The Morgan fingerprint density at radius 3 is 2.75 bits per heavy atom. The molecule has 0 aliphatic carbocycles. The summed E-state index contributed by atoms with van der Waals surface area (Å²) in [4.78, 5) is 22.8. The van der Waals surface area contributed by atoms with E-state index in [1.165, 1.54) is 20.2 Å². The van der Waals surface area contributed by atoms with Crippen molar-refractivity contribution in [2.24, 2.45) is 0 Å². The number of benzene rings is 1. The SMILES string of the molecule is COC(=O)[C@H](Cc1cn(O)c2ccccc12)NC(C)=O. The Morgan fingerprint density at radius 1 is 1.40 bits per heavy atom. The Bertz CT molecular complexity index is 648. The fourth-order valence-corrected chi connectivity index (χ4v) is 2.20. The molecule has 2 N–H and O–H groups in total. The van der Waals surface area contributed by atoms with Crippen molar-refractivity contribution in [1.29, 1.82) is 0 Å². The highest BCUT2D eigenvalue weighted by atomic mass is 16.5. The van der Waals surface area contributed by atoms with Crippen LogP contribution < -0.4 is 5.32 Å². The van der Waals surface area contributed by atoms with Gasteiger partial charge >= 0.3 is 5.97 Å². The molecule has 2 aromatic rings. The van der Waals surface area contributed by atoms with Crippen molar-refractivity contribution in [3.63, 3.8) is 0 Å². The van der Waals surface area contributed by atoms with Crippen molar-refractivity contribution in [3.8, 4) is 0 Å². The lowest BCUT2D eigenvalue weighted by Gasteiger charge is -2.14. The van der Waals surface area contributed by atoms with Gasteiger partial charge in [0.05, 0.1) is 12.6 Å². The fraction of sp³-hybridized carbons (Fsp3) is 0.286. The number of nitrogens with zero attached hydrogens (tertiary/aromatic N) is 1. The summed E-state index contributed by atoms with van der Waals surface area (Å²) in [6.45, 7) is 1.34. The summed E-state index contributed by atoms with van der Waals surface area (Å²) in [7, 11) is 1.27. The third-order valence-corrected chi connectivity index (χ3v) is 3.06. The van der Waals surface area contributed by atoms with Crippen molar-refractivity contribution >= 4 is 22.8 Å². The first kappa shape index (κ1) is 13.9. The van der Waals surface area contributed by atoms with Crippen molar-refractivity contribution in [2.75, 3.05) is 7.11 Å². The van der Waals surface area contributed by atoms with E-state index in [-0.39, 0.29) is 12.3 Å². The predicted octanol–water partition coefficient (Wildman–Crippen LogP) is 1.10. The summed E-state index contributed by atoms with van der Waals surface area (Å²) in [5, 5.41) is 13.2. The van der Waals surface area contributed by atoms with Gasteiger partial charge in [-0.1, -0.05) is 18.2 Å². The Hall–Kier alpha value is -2.50. The van der Waals surface area contributed by atoms with Gasteiger partial charge in [-0.3, -0.25) is 4.79 Å². The van der Waals surface area contributed by atoms with Gasteiger partial charge in [-0.2, -0.15) is 4.73 Å². The first-order valence-electron chi connectivity index (χ1n) is 6.16. The number of rotatable bonds is 4. The summed E-state index contributed by atoms with van der Waals surface area (Å²) in [6.07, 6.45) is 1.78. The number of hydrogen-bond acceptors (Lipinski definition) is 4. The zero-order valence-electron chi connectivity index (χ0n) is 11.3. The van der Waals surface area contributed by atoms with E-state index in [0.717, 1.165) is 15.7 Å². The van der Waals surface area contributed by atoms with Crippen LogP contribution in [0, 0.1) is 0 Å². The zero-order valence-corrected chi connectivity index (χ0v) is 11.3. The van der Waals surface area contributed by atoms with Gasteiger partial charge in [-0.15, -0.1) is 0 Å². The fourth-order valence-electron chi connectivity index (χ4n) is 2.20. The van der Waals surface area contributed by atoms with Crippen LogP contribution in [-0.2, 0) is 20.7 Å². The van der Waals surface area contributed by atoms with Crippen LogP contribution in [0.25, 0.3) is 10.9 Å². The molecular weight excluding hydrogens is 260 g/mol. The van der Waals surface area contributed by atoms with Gasteiger partial charge in [0.15, 0.2) is 0 Å². The molecule has 1 aromatic heterocycles. The first-order valence-corrected chi connectivity index (χ1v) is 6.16. The minimum atomic E-state index is -0.775. The summed E-state index contributed by atoms with van der Waals surface area (Å²) in [6, 6.07) is 6.49. The van der Waals surface area contributed by atoms with Crippen LogP contribution in [0.1, 0.15) is 12.5 Å². The van der Waals surface area contributed by atoms with Crippen molar-refractivity contribution in [1.82, 2.24) is 10.0 Å². The van der Waals surface area contributed by atoms with E-state index in [2.05, 4.69) is 10.1 Å². The van der Waals surface area contributed by atoms with Gasteiger partial charge < -0.3 is 15.3 Å². The molecule has 1 atom stereocenters. The molecule has 106 valence electrons. The summed E-state index contributed by atoms with van der Waals surface area (Å²) in [5.74, 6) is -0.830. The van der Waals surface area contributed by atoms with Gasteiger partial charge in [0.25, 0.3) is 0 Å². The number of ether oxygens (including phenoxy) is 1. The molecule has 1 amide bonds. The van der Waals surface area contributed by atoms with Crippen molar-refractivity contribution in [2.45, 2.75) is 19.4 Å². The van der Waals surface area contributed by atoms with Gasteiger partial charge in [0, 0.05) is 24.9 Å². The van der Waals surface area contributed by atoms with Gasteiger partial charge in [0.2, 0.25) is 5.91 Å². The molecule has 0 radical (unpaired) electrons. The van der Waals surface area contributed by atoms with Crippen LogP contribution in [0.2, 0.25) is 0 Å². The third kappa shape index (κ3) is 2.74. The lowest BCUT2D eigenvalue weighted by Crippen LogP contribution is -2.41. The zero-order chi connectivity index (χ0) is 14.7. The van der Waals surface area contributed by atoms with E-state index in [1.807, 2.05) is 18.2 Å². The number of amides is 1. The summed E-state index contributed by atoms with van der Waals surface area (Å²) in [5.41, 5.74) is 1.40. The molecule has 0 fully saturated rings. The molecule has 0 spiro atoms. The highest BCUT2D eigenvalue weighted by Gasteiger charge is 2.22. The molecule has 6 heteroatoms. The molecule has 0 aliphatic rings. The lowest BCUT2D eigenvalue weighted by atomic mass is 10.1. The van der Waals surface area contributed by atoms with E-state index in [1.54, 1.807) is 6.07 Å². The predicted molar refractivity (Wildman–Crippen MR) is 72.4 cm³/mol. The molecule has 0 bridgehead atoms. The molecule has 1 heterocycles. The maximum Gasteiger partial charge on any atom is 0.328 e. The normalized spacial score (nSPS) is 12.1. The smallest absolute Gasteiger partial charge is 0.328 e. The standard InChI is InChI=1S/C14H16N2O4/c1-9(17)15-12(14(18)20-2)7-10-8-16(19)13-6-4-3-5-11(10)13/h3-6,8,12,19H,7H2,1-2H3,(H,15,17)/t12-/m0/s1. The molecule has 0 unspecified atom stereocenters. The monoisotopic (exact) mass is 276 g/mol. The Morgan fingerprint density at radius 2 is 2.10 bits per heavy atom. The van der Waals surface area contributed by atoms with Gasteiger partial charge in [-0.05, 0) is 11.6 Å². The molecule has 20 heavy (non-hydrogen) atoms. The van der Waals surface area contributed by atoms with Crippen LogP contribution in [0.15, 0.2) is 30.5 Å². The van der Waals surface area contributed by atoms with Gasteiger partial charge in [0.1, 0.15) is 6.04 Å². The van der Waals surface area contributed by atoms with E-state index in [9.17, 15) is 14.8 Å². The minimum absolute atomic E-state index is 0.250. The second kappa shape index (κ2) is 5.64. The molecule has 0 saturated carbocycles. The molecule has 1 aromatic carbocycles.